The van der Waals surface area contributed by atoms with Crippen LogP contribution in [0.5, 0.6) is 5.75 Å². The van der Waals surface area contributed by atoms with Crippen LogP contribution in [0.15, 0.2) is 36.4 Å². The van der Waals surface area contributed by atoms with Crippen LogP contribution in [0.3, 0.4) is 0 Å². The molecule has 0 amide bonds. The molecule has 62 valence electrons. The summed E-state index contributed by atoms with van der Waals surface area (Å²) in [7, 11) is 0. The van der Waals surface area contributed by atoms with Crippen LogP contribution < -0.4 is 0 Å². The highest BCUT2D eigenvalue weighted by atomic mass is 16.3. The van der Waals surface area contributed by atoms with E-state index < -0.39 is 0 Å². The lowest BCUT2D eigenvalue weighted by molar-refractivity contribution is 0.476. The van der Waals surface area contributed by atoms with E-state index in [-0.39, 0.29) is 5.75 Å². The van der Waals surface area contributed by atoms with Gasteiger partial charge >= 0.3 is 0 Å². The molecule has 2 nitrogen and oxygen atoms in total. The van der Waals surface area contributed by atoms with Crippen LogP contribution >= 0.6 is 0 Å². The Bertz CT molecular complexity index is 497. The molecule has 2 rings (SSSR count). The molecule has 0 bridgehead atoms. The van der Waals surface area contributed by atoms with Gasteiger partial charge in [-0.05, 0) is 29.0 Å². The van der Waals surface area contributed by atoms with Crippen molar-refractivity contribution in [2.45, 2.75) is 0 Å². The lowest BCUT2D eigenvalue weighted by Crippen LogP contribution is -1.71. The summed E-state index contributed by atoms with van der Waals surface area (Å²) in [5, 5.41) is 11.1. The van der Waals surface area contributed by atoms with Crippen LogP contribution in [-0.4, -0.2) is 5.11 Å². The molecule has 1 N–H and O–H groups in total. The minimum Gasteiger partial charge on any atom is -0.508 e. The topological polar surface area (TPSA) is 24.6 Å². The lowest BCUT2D eigenvalue weighted by Gasteiger charge is -1.98. The van der Waals surface area contributed by atoms with Crippen molar-refractivity contribution in [3.8, 4) is 5.75 Å². The first-order valence-corrected chi connectivity index (χ1v) is 3.90. The Balaban J connectivity index is 2.75. The van der Waals surface area contributed by atoms with E-state index in [1.807, 2.05) is 12.1 Å². The van der Waals surface area contributed by atoms with Crippen LogP contribution in [0, 0.1) is 6.57 Å². The van der Waals surface area contributed by atoms with Crippen molar-refractivity contribution in [1.82, 2.24) is 0 Å². The molecule has 0 radical (unpaired) electrons. The van der Waals surface area contributed by atoms with Crippen molar-refractivity contribution in [2.75, 3.05) is 0 Å². The number of nitrogens with zero attached hydrogens (tertiary/aromatic N) is 1. The fourth-order valence-electron chi connectivity index (χ4n) is 1.29. The molecule has 0 aromatic heterocycles. The first-order chi connectivity index (χ1) is 6.29. The van der Waals surface area contributed by atoms with Crippen molar-refractivity contribution in [3.63, 3.8) is 0 Å². The third kappa shape index (κ3) is 1.32. The highest BCUT2D eigenvalue weighted by Crippen LogP contribution is 2.24. The Morgan fingerprint density at radius 3 is 2.46 bits per heavy atom. The molecule has 2 aromatic rings. The van der Waals surface area contributed by atoms with E-state index in [2.05, 4.69) is 4.85 Å². The first kappa shape index (κ1) is 7.63. The number of hydrogen-bond donors (Lipinski definition) is 1. The molecule has 0 spiro atoms. The van der Waals surface area contributed by atoms with E-state index in [1.165, 1.54) is 0 Å². The zero-order valence-corrected chi connectivity index (χ0v) is 6.86. The van der Waals surface area contributed by atoms with Crippen LogP contribution in [0.25, 0.3) is 15.6 Å². The van der Waals surface area contributed by atoms with Crippen molar-refractivity contribution in [2.24, 2.45) is 0 Å². The van der Waals surface area contributed by atoms with Crippen LogP contribution in [0.2, 0.25) is 0 Å². The summed E-state index contributed by atoms with van der Waals surface area (Å²) in [5.74, 6) is 0.253. The maximum atomic E-state index is 9.20. The Morgan fingerprint density at radius 2 is 1.69 bits per heavy atom. The van der Waals surface area contributed by atoms with Gasteiger partial charge in [-0.2, -0.15) is 0 Å². The maximum Gasteiger partial charge on any atom is 0.187 e. The summed E-state index contributed by atoms with van der Waals surface area (Å²) >= 11 is 0. The highest BCUT2D eigenvalue weighted by molar-refractivity contribution is 5.86. The molecule has 0 saturated carbocycles. The minimum absolute atomic E-state index is 0.253. The Labute approximate surface area is 75.9 Å². The average Bonchev–Trinajstić information content (AvgIpc) is 2.17. The molecule has 0 unspecified atom stereocenters. The summed E-state index contributed by atoms with van der Waals surface area (Å²) in [6.45, 7) is 6.84. The highest BCUT2D eigenvalue weighted by Gasteiger charge is 1.96. The number of hydrogen-bond acceptors (Lipinski definition) is 1. The summed E-state index contributed by atoms with van der Waals surface area (Å²) < 4.78 is 0. The Morgan fingerprint density at radius 1 is 1.00 bits per heavy atom. The predicted octanol–water partition coefficient (Wildman–Crippen LogP) is 3.10. The zero-order chi connectivity index (χ0) is 9.26. The quantitative estimate of drug-likeness (QED) is 0.602. The molecular formula is C11H7NO. The first-order valence-electron chi connectivity index (χ1n) is 3.90. The summed E-state index contributed by atoms with van der Waals surface area (Å²) in [4.78, 5) is 3.33. The van der Waals surface area contributed by atoms with Gasteiger partial charge in [0.2, 0.25) is 0 Å². The van der Waals surface area contributed by atoms with E-state index in [4.69, 9.17) is 6.57 Å². The van der Waals surface area contributed by atoms with Crippen LogP contribution in [0.1, 0.15) is 0 Å². The molecule has 0 saturated heterocycles. The second-order valence-corrected chi connectivity index (χ2v) is 2.83. The Kier molecular flexibility index (Phi) is 1.64. The lowest BCUT2D eigenvalue weighted by atomic mass is 10.1. The summed E-state index contributed by atoms with van der Waals surface area (Å²) in [6, 6.07) is 10.5. The van der Waals surface area contributed by atoms with Crippen molar-refractivity contribution < 1.29 is 5.11 Å². The van der Waals surface area contributed by atoms with Gasteiger partial charge in [0.05, 0.1) is 6.57 Å². The maximum absolute atomic E-state index is 9.20. The third-order valence-electron chi connectivity index (χ3n) is 1.94. The fraction of sp³-hybridized carbons (Fsp3) is 0. The van der Waals surface area contributed by atoms with Gasteiger partial charge in [-0.25, -0.2) is 4.85 Å². The fourth-order valence-corrected chi connectivity index (χ4v) is 1.29. The minimum atomic E-state index is 0.253. The van der Waals surface area contributed by atoms with Gasteiger partial charge in [0, 0.05) is 0 Å². The van der Waals surface area contributed by atoms with Crippen LogP contribution in [0.4, 0.5) is 5.69 Å². The van der Waals surface area contributed by atoms with Gasteiger partial charge in [-0.15, -0.1) is 0 Å². The molecule has 0 aliphatic rings. The molecule has 0 aliphatic heterocycles. The van der Waals surface area contributed by atoms with E-state index in [0.29, 0.717) is 5.69 Å². The molecule has 0 heterocycles. The number of benzene rings is 2. The van der Waals surface area contributed by atoms with Gasteiger partial charge in [0.25, 0.3) is 0 Å². The van der Waals surface area contributed by atoms with E-state index in [9.17, 15) is 5.11 Å². The van der Waals surface area contributed by atoms with Gasteiger partial charge in [-0.1, -0.05) is 18.2 Å². The smallest absolute Gasteiger partial charge is 0.187 e. The summed E-state index contributed by atoms with van der Waals surface area (Å²) in [5.41, 5.74) is 0.623. The third-order valence-corrected chi connectivity index (χ3v) is 1.94. The number of phenolic OH excluding ortho intramolecular Hbond substituents is 1. The standard InChI is InChI=1S/C11H7NO/c1-12-10-4-2-9-7-11(13)5-3-8(9)6-10/h2-7,13H. The monoisotopic (exact) mass is 169 g/mol. The van der Waals surface area contributed by atoms with Crippen molar-refractivity contribution in [1.29, 1.82) is 0 Å². The molecule has 0 aliphatic carbocycles. The number of rotatable bonds is 0. The van der Waals surface area contributed by atoms with Gasteiger partial charge < -0.3 is 5.11 Å². The second kappa shape index (κ2) is 2.80. The molecule has 2 heteroatoms. The Hall–Kier alpha value is -2.01. The van der Waals surface area contributed by atoms with E-state index in [1.54, 1.807) is 24.3 Å². The molecule has 0 atom stereocenters. The largest absolute Gasteiger partial charge is 0.508 e. The normalized spacial score (nSPS) is 9.77. The van der Waals surface area contributed by atoms with Crippen LogP contribution in [-0.2, 0) is 0 Å². The molecule has 13 heavy (non-hydrogen) atoms. The SMILES string of the molecule is [C-]#[N+]c1ccc2cc(O)ccc2c1. The van der Waals surface area contributed by atoms with Crippen molar-refractivity contribution >= 4 is 16.5 Å². The molecule has 2 aromatic carbocycles. The van der Waals surface area contributed by atoms with E-state index in [0.717, 1.165) is 10.8 Å². The van der Waals surface area contributed by atoms with Gasteiger partial charge in [-0.3, -0.25) is 0 Å². The number of aromatic hydroxyl groups is 1. The molecule has 0 fully saturated rings. The predicted molar refractivity (Wildman–Crippen MR) is 51.9 cm³/mol. The second-order valence-electron chi connectivity index (χ2n) is 2.83. The average molecular weight is 169 g/mol. The van der Waals surface area contributed by atoms with Gasteiger partial charge in [0.1, 0.15) is 5.75 Å². The summed E-state index contributed by atoms with van der Waals surface area (Å²) in [6.07, 6.45) is 0. The zero-order valence-electron chi connectivity index (χ0n) is 6.86. The van der Waals surface area contributed by atoms with E-state index >= 15 is 0 Å². The number of fused-ring (bicyclic) bond motifs is 1. The van der Waals surface area contributed by atoms with Gasteiger partial charge in [0.15, 0.2) is 5.69 Å². The van der Waals surface area contributed by atoms with Crippen molar-refractivity contribution in [3.05, 3.63) is 47.8 Å². The number of phenols is 1. The molecular weight excluding hydrogens is 162 g/mol.